The number of hydrogen-bond donors (Lipinski definition) is 0. The molecule has 7 heteroatoms. The second kappa shape index (κ2) is 8.70. The smallest absolute Gasteiger partial charge is 0.243 e. The van der Waals surface area contributed by atoms with Gasteiger partial charge in [0.05, 0.1) is 10.8 Å². The highest BCUT2D eigenvalue weighted by Gasteiger charge is 2.35. The van der Waals surface area contributed by atoms with Crippen LogP contribution in [-0.2, 0) is 14.8 Å². The molecule has 1 atom stereocenters. The zero-order valence-corrected chi connectivity index (χ0v) is 17.5. The summed E-state index contributed by atoms with van der Waals surface area (Å²) in [5.41, 5.74) is 2.42. The Labute approximate surface area is 176 Å². The number of amides is 1. The van der Waals surface area contributed by atoms with Crippen LogP contribution in [0.3, 0.4) is 0 Å². The summed E-state index contributed by atoms with van der Waals surface area (Å²) < 4.78 is 40.3. The third-order valence-corrected chi connectivity index (χ3v) is 7.73. The number of rotatable bonds is 4. The average molecular weight is 429 g/mol. The largest absolute Gasteiger partial charge is 0.338 e. The van der Waals surface area contributed by atoms with Crippen molar-refractivity contribution in [2.75, 3.05) is 26.2 Å². The Balaban J connectivity index is 1.43. The molecule has 30 heavy (non-hydrogen) atoms. The highest BCUT2D eigenvalue weighted by Crippen LogP contribution is 2.27. The van der Waals surface area contributed by atoms with E-state index < -0.39 is 15.8 Å². The minimum Gasteiger partial charge on any atom is -0.338 e. The Bertz CT molecular complexity index is 1040. The number of carbonyl (C=O) groups excluding carboxylic acids is 1. The van der Waals surface area contributed by atoms with E-state index in [0.717, 1.165) is 18.6 Å². The van der Waals surface area contributed by atoms with E-state index in [1.807, 2.05) is 23.1 Å². The van der Waals surface area contributed by atoms with E-state index in [2.05, 4.69) is 18.2 Å². The molecule has 0 bridgehead atoms. The average Bonchev–Trinajstić information content (AvgIpc) is 2.80. The lowest BCUT2D eigenvalue weighted by Crippen LogP contribution is -2.47. The molecule has 0 unspecified atom stereocenters. The fraction of sp³-hybridized carbons (Fsp3) is 0.348. The van der Waals surface area contributed by atoms with Gasteiger partial charge in [0.25, 0.3) is 0 Å². The van der Waals surface area contributed by atoms with E-state index >= 15 is 0 Å². The van der Waals surface area contributed by atoms with E-state index in [-0.39, 0.29) is 23.3 Å². The molecular weight excluding hydrogens is 403 g/mol. The van der Waals surface area contributed by atoms with Crippen molar-refractivity contribution in [2.45, 2.75) is 24.2 Å². The van der Waals surface area contributed by atoms with Gasteiger partial charge in [0.2, 0.25) is 15.9 Å². The Morgan fingerprint density at radius 2 is 1.73 bits per heavy atom. The third-order valence-electron chi connectivity index (χ3n) is 5.85. The van der Waals surface area contributed by atoms with Crippen LogP contribution in [0.5, 0.6) is 0 Å². The third kappa shape index (κ3) is 4.32. The Hall–Kier alpha value is -2.51. The first-order valence-corrected chi connectivity index (χ1v) is 11.7. The van der Waals surface area contributed by atoms with Gasteiger partial charge >= 0.3 is 0 Å². The first-order chi connectivity index (χ1) is 14.4. The number of piperidine rings is 1. The SMILES string of the molecule is O=C([C@H]1CCCN(S(=O)(=O)c2ccc(F)cc2)C1)N1CC=C(c2ccccc2)CC1. The van der Waals surface area contributed by atoms with Crippen LogP contribution in [-0.4, -0.2) is 49.7 Å². The van der Waals surface area contributed by atoms with Gasteiger partial charge in [-0.25, -0.2) is 12.8 Å². The van der Waals surface area contributed by atoms with Crippen LogP contribution in [0.4, 0.5) is 4.39 Å². The van der Waals surface area contributed by atoms with Gasteiger partial charge in [-0.05, 0) is 54.7 Å². The number of hydrogen-bond acceptors (Lipinski definition) is 3. The van der Waals surface area contributed by atoms with Crippen molar-refractivity contribution in [3.8, 4) is 0 Å². The normalized spacial score (nSPS) is 20.6. The van der Waals surface area contributed by atoms with Gasteiger partial charge in [-0.15, -0.1) is 0 Å². The molecule has 0 N–H and O–H groups in total. The van der Waals surface area contributed by atoms with Crippen LogP contribution < -0.4 is 0 Å². The molecule has 0 aliphatic carbocycles. The Morgan fingerprint density at radius 3 is 2.40 bits per heavy atom. The Morgan fingerprint density at radius 1 is 1.00 bits per heavy atom. The maximum absolute atomic E-state index is 13.2. The molecule has 4 rings (SSSR count). The molecule has 1 fully saturated rings. The molecule has 0 aromatic heterocycles. The lowest BCUT2D eigenvalue weighted by molar-refractivity contribution is -0.136. The first kappa shape index (κ1) is 20.8. The molecular formula is C23H25FN2O3S. The van der Waals surface area contributed by atoms with Gasteiger partial charge < -0.3 is 4.90 Å². The minimum absolute atomic E-state index is 0.0115. The number of carbonyl (C=O) groups is 1. The number of nitrogens with zero attached hydrogens (tertiary/aromatic N) is 2. The standard InChI is InChI=1S/C23H25FN2O3S/c24-21-8-10-22(11-9-21)30(28,29)26-14-4-7-20(17-26)23(27)25-15-12-19(13-16-25)18-5-2-1-3-6-18/h1-3,5-6,8-12,20H,4,7,13-17H2/t20-/m0/s1. The molecule has 2 aliphatic rings. The molecule has 2 aromatic rings. The van der Waals surface area contributed by atoms with Crippen molar-refractivity contribution in [1.29, 1.82) is 0 Å². The van der Waals surface area contributed by atoms with E-state index in [1.54, 1.807) is 0 Å². The number of halogens is 1. The lowest BCUT2D eigenvalue weighted by Gasteiger charge is -2.35. The molecule has 0 radical (unpaired) electrons. The van der Waals surface area contributed by atoms with Crippen LogP contribution in [0, 0.1) is 11.7 Å². The maximum Gasteiger partial charge on any atom is 0.243 e. The second-order valence-corrected chi connectivity index (χ2v) is 9.72. The summed E-state index contributed by atoms with van der Waals surface area (Å²) in [6.07, 6.45) is 4.20. The predicted octanol–water partition coefficient (Wildman–Crippen LogP) is 3.54. The fourth-order valence-electron chi connectivity index (χ4n) is 4.16. The van der Waals surface area contributed by atoms with Gasteiger partial charge in [0, 0.05) is 26.2 Å². The monoisotopic (exact) mass is 428 g/mol. The summed E-state index contributed by atoms with van der Waals surface area (Å²) in [6.45, 7) is 1.73. The summed E-state index contributed by atoms with van der Waals surface area (Å²) in [4.78, 5) is 15.0. The van der Waals surface area contributed by atoms with E-state index in [4.69, 9.17) is 0 Å². The first-order valence-electron chi connectivity index (χ1n) is 10.2. The van der Waals surface area contributed by atoms with Crippen molar-refractivity contribution in [1.82, 2.24) is 9.21 Å². The molecule has 5 nitrogen and oxygen atoms in total. The quantitative estimate of drug-likeness (QED) is 0.749. The zero-order valence-electron chi connectivity index (χ0n) is 16.7. The Kier molecular flexibility index (Phi) is 6.01. The van der Waals surface area contributed by atoms with Gasteiger partial charge in [0.1, 0.15) is 5.82 Å². The topological polar surface area (TPSA) is 57.7 Å². The molecule has 2 aliphatic heterocycles. The number of benzene rings is 2. The van der Waals surface area contributed by atoms with Crippen molar-refractivity contribution in [2.24, 2.45) is 5.92 Å². The summed E-state index contributed by atoms with van der Waals surface area (Å²) in [5.74, 6) is -0.813. The molecule has 1 amide bonds. The molecule has 158 valence electrons. The van der Waals surface area contributed by atoms with E-state index in [9.17, 15) is 17.6 Å². The second-order valence-electron chi connectivity index (χ2n) is 7.79. The summed E-state index contributed by atoms with van der Waals surface area (Å²) in [5, 5.41) is 0. The summed E-state index contributed by atoms with van der Waals surface area (Å²) in [7, 11) is -3.74. The fourth-order valence-corrected chi connectivity index (χ4v) is 5.68. The molecule has 1 saturated heterocycles. The van der Waals surface area contributed by atoms with E-state index in [1.165, 1.54) is 27.6 Å². The van der Waals surface area contributed by atoms with Crippen LogP contribution in [0.1, 0.15) is 24.8 Å². The predicted molar refractivity (Wildman–Crippen MR) is 113 cm³/mol. The summed E-state index contributed by atoms with van der Waals surface area (Å²) in [6, 6.07) is 15.0. The van der Waals surface area contributed by atoms with Crippen molar-refractivity contribution in [3.05, 3.63) is 72.1 Å². The van der Waals surface area contributed by atoms with Gasteiger partial charge in [-0.1, -0.05) is 36.4 Å². The summed E-state index contributed by atoms with van der Waals surface area (Å²) >= 11 is 0. The van der Waals surface area contributed by atoms with Gasteiger partial charge in [0.15, 0.2) is 0 Å². The van der Waals surface area contributed by atoms with E-state index in [0.29, 0.717) is 32.5 Å². The van der Waals surface area contributed by atoms with Gasteiger partial charge in [-0.3, -0.25) is 4.79 Å². The molecule has 0 saturated carbocycles. The lowest BCUT2D eigenvalue weighted by atomic mass is 9.95. The van der Waals surface area contributed by atoms with Gasteiger partial charge in [-0.2, -0.15) is 4.31 Å². The molecule has 0 spiro atoms. The number of sulfonamides is 1. The highest BCUT2D eigenvalue weighted by molar-refractivity contribution is 7.89. The zero-order chi connectivity index (χ0) is 21.1. The maximum atomic E-state index is 13.2. The highest BCUT2D eigenvalue weighted by atomic mass is 32.2. The van der Waals surface area contributed by atoms with Crippen molar-refractivity contribution in [3.63, 3.8) is 0 Å². The van der Waals surface area contributed by atoms with Crippen molar-refractivity contribution >= 4 is 21.5 Å². The van der Waals surface area contributed by atoms with Crippen LogP contribution in [0.25, 0.3) is 5.57 Å². The van der Waals surface area contributed by atoms with Crippen LogP contribution in [0.15, 0.2) is 65.6 Å². The molecule has 2 heterocycles. The van der Waals surface area contributed by atoms with Crippen molar-refractivity contribution < 1.29 is 17.6 Å². The minimum atomic E-state index is -3.74. The molecule has 2 aromatic carbocycles. The van der Waals surface area contributed by atoms with Crippen LogP contribution in [0.2, 0.25) is 0 Å². The van der Waals surface area contributed by atoms with Crippen LogP contribution >= 0.6 is 0 Å².